The van der Waals surface area contributed by atoms with E-state index in [-0.39, 0.29) is 0 Å². The number of hydrogen-bond donors (Lipinski definition) is 1. The Kier molecular flexibility index (Phi) is 7.02. The van der Waals surface area contributed by atoms with Crippen LogP contribution in [0.4, 0.5) is 0 Å². The first-order valence-corrected chi connectivity index (χ1v) is 8.47. The average molecular weight is 336 g/mol. The third-order valence-corrected chi connectivity index (χ3v) is 3.94. The van der Waals surface area contributed by atoms with Gasteiger partial charge in [0.1, 0.15) is 5.75 Å². The molecular weight excluding hydrogens is 312 g/mol. The van der Waals surface area contributed by atoms with Gasteiger partial charge in [-0.2, -0.15) is 0 Å². The van der Waals surface area contributed by atoms with E-state index in [1.54, 1.807) is 0 Å². The molecule has 0 saturated heterocycles. The number of aryl methyl sites for hydroxylation is 1. The summed E-state index contributed by atoms with van der Waals surface area (Å²) in [5.41, 5.74) is 3.30. The van der Waals surface area contributed by atoms with Gasteiger partial charge in [-0.3, -0.25) is 0 Å². The van der Waals surface area contributed by atoms with Gasteiger partial charge in [0.05, 0.1) is 0 Å². The van der Waals surface area contributed by atoms with Crippen LogP contribution in [0.3, 0.4) is 0 Å². The summed E-state index contributed by atoms with van der Waals surface area (Å²) in [5, 5.41) is 9.42. The summed E-state index contributed by atoms with van der Waals surface area (Å²) in [6.45, 7) is 3.97. The maximum Gasteiger partial charge on any atom is 0.344 e. The number of allylic oxidation sites excluding steroid dienone is 4. The molecule has 0 aliphatic rings. The van der Waals surface area contributed by atoms with E-state index in [1.165, 1.54) is 0 Å². The molecule has 0 fully saturated rings. The molecule has 3 nitrogen and oxygen atoms in total. The summed E-state index contributed by atoms with van der Waals surface area (Å²) < 4.78 is 5.69. The topological polar surface area (TPSA) is 46.5 Å². The van der Waals surface area contributed by atoms with Crippen LogP contribution in [0.1, 0.15) is 31.4 Å². The zero-order valence-corrected chi connectivity index (χ0v) is 14.7. The van der Waals surface area contributed by atoms with E-state index in [2.05, 4.69) is 0 Å². The second kappa shape index (κ2) is 9.48. The minimum atomic E-state index is -0.942. The predicted molar refractivity (Wildman–Crippen MR) is 102 cm³/mol. The van der Waals surface area contributed by atoms with Gasteiger partial charge in [-0.25, -0.2) is 4.79 Å². The molecule has 0 aliphatic carbocycles. The Hall–Kier alpha value is -2.81. The van der Waals surface area contributed by atoms with Crippen molar-refractivity contribution in [1.82, 2.24) is 0 Å². The monoisotopic (exact) mass is 336 g/mol. The molecule has 3 heteroatoms. The fourth-order valence-electron chi connectivity index (χ4n) is 2.60. The van der Waals surface area contributed by atoms with E-state index in [0.29, 0.717) is 18.6 Å². The van der Waals surface area contributed by atoms with Crippen molar-refractivity contribution in [2.45, 2.75) is 32.8 Å². The zero-order chi connectivity index (χ0) is 18.1. The molecule has 2 aromatic carbocycles. The average Bonchev–Trinajstić information content (AvgIpc) is 2.64. The van der Waals surface area contributed by atoms with Crippen LogP contribution in [0.25, 0.3) is 5.57 Å². The third kappa shape index (κ3) is 5.64. The molecule has 0 unspecified atom stereocenters. The summed E-state index contributed by atoms with van der Waals surface area (Å²) in [5.74, 6) is -0.372. The third-order valence-electron chi connectivity index (χ3n) is 3.94. The van der Waals surface area contributed by atoms with Crippen LogP contribution in [0.15, 0.2) is 72.8 Å². The molecule has 130 valence electrons. The Morgan fingerprint density at radius 1 is 1.08 bits per heavy atom. The Morgan fingerprint density at radius 2 is 1.76 bits per heavy atom. The van der Waals surface area contributed by atoms with Crippen molar-refractivity contribution in [3.8, 4) is 5.75 Å². The number of carbonyl (C=O) groups is 1. The molecule has 0 spiro atoms. The summed E-state index contributed by atoms with van der Waals surface area (Å²) >= 11 is 0. The van der Waals surface area contributed by atoms with Crippen molar-refractivity contribution in [2.24, 2.45) is 0 Å². The molecule has 0 saturated carbocycles. The maximum atomic E-state index is 11.5. The second-order valence-corrected chi connectivity index (χ2v) is 5.74. The standard InChI is InChI=1S/C22H24O3/c1-3-8-18(4-2)19-12-14-20(15-13-19)25-21(22(23)24)16-11-17-9-6-5-7-10-17/h3-10,12-15,21H,11,16H2,1-2H3,(H,23,24)/b8-3-,18-4+/t21-/m0/s1. The Bertz CT molecular complexity index is 728. The summed E-state index contributed by atoms with van der Waals surface area (Å²) in [7, 11) is 0. The van der Waals surface area contributed by atoms with Crippen LogP contribution in [0.5, 0.6) is 5.75 Å². The lowest BCUT2D eigenvalue weighted by Gasteiger charge is -2.15. The van der Waals surface area contributed by atoms with Crippen LogP contribution in [0.2, 0.25) is 0 Å². The molecule has 2 rings (SSSR count). The van der Waals surface area contributed by atoms with Crippen LogP contribution < -0.4 is 4.74 Å². The lowest BCUT2D eigenvalue weighted by Crippen LogP contribution is -2.27. The zero-order valence-electron chi connectivity index (χ0n) is 14.7. The fraction of sp³-hybridized carbons (Fsp3) is 0.227. The SMILES string of the molecule is C/C=C\C(=C/C)c1ccc(O[C@@H](CCc2ccccc2)C(=O)O)cc1. The molecule has 2 aromatic rings. The number of carboxylic acid groups (broad SMARTS) is 1. The molecule has 1 N–H and O–H groups in total. The second-order valence-electron chi connectivity index (χ2n) is 5.74. The molecule has 0 aromatic heterocycles. The van der Waals surface area contributed by atoms with Crippen LogP contribution in [-0.4, -0.2) is 17.2 Å². The van der Waals surface area contributed by atoms with Crippen molar-refractivity contribution in [3.63, 3.8) is 0 Å². The summed E-state index contributed by atoms with van der Waals surface area (Å²) in [6, 6.07) is 17.4. The first kappa shape index (κ1) is 18.5. The van der Waals surface area contributed by atoms with Crippen LogP contribution in [-0.2, 0) is 11.2 Å². The predicted octanol–water partition coefficient (Wildman–Crippen LogP) is 5.13. The highest BCUT2D eigenvalue weighted by atomic mass is 16.5. The van der Waals surface area contributed by atoms with Gasteiger partial charge in [-0.05, 0) is 55.5 Å². The van der Waals surface area contributed by atoms with E-state index in [0.717, 1.165) is 16.7 Å². The Labute approximate surface area is 149 Å². The molecule has 0 aliphatic heterocycles. The highest BCUT2D eigenvalue weighted by Crippen LogP contribution is 2.21. The van der Waals surface area contributed by atoms with Gasteiger partial charge < -0.3 is 9.84 Å². The van der Waals surface area contributed by atoms with Gasteiger partial charge in [-0.15, -0.1) is 0 Å². The van der Waals surface area contributed by atoms with E-state index >= 15 is 0 Å². The van der Waals surface area contributed by atoms with Crippen molar-refractivity contribution in [3.05, 3.63) is 84.0 Å². The summed E-state index contributed by atoms with van der Waals surface area (Å²) in [4.78, 5) is 11.5. The lowest BCUT2D eigenvalue weighted by molar-refractivity contribution is -0.145. The van der Waals surface area contributed by atoms with Crippen molar-refractivity contribution < 1.29 is 14.6 Å². The highest BCUT2D eigenvalue weighted by molar-refractivity contribution is 5.74. The smallest absolute Gasteiger partial charge is 0.344 e. The van der Waals surface area contributed by atoms with E-state index in [4.69, 9.17) is 4.74 Å². The first-order valence-electron chi connectivity index (χ1n) is 8.47. The number of hydrogen-bond acceptors (Lipinski definition) is 2. The van der Waals surface area contributed by atoms with Crippen molar-refractivity contribution in [1.29, 1.82) is 0 Å². The first-order chi connectivity index (χ1) is 12.1. The van der Waals surface area contributed by atoms with Gasteiger partial charge in [-0.1, -0.05) is 60.7 Å². The highest BCUT2D eigenvalue weighted by Gasteiger charge is 2.19. The number of aliphatic carboxylic acids is 1. The minimum absolute atomic E-state index is 0.430. The van der Waals surface area contributed by atoms with Crippen LogP contribution in [0, 0.1) is 0 Å². The van der Waals surface area contributed by atoms with Crippen LogP contribution >= 0.6 is 0 Å². The number of benzene rings is 2. The normalized spacial score (nSPS) is 13.0. The number of carboxylic acids is 1. The molecular formula is C22H24O3. The fourth-order valence-corrected chi connectivity index (χ4v) is 2.60. The van der Waals surface area contributed by atoms with E-state index < -0.39 is 12.1 Å². The largest absolute Gasteiger partial charge is 0.479 e. The number of rotatable bonds is 8. The van der Waals surface area contributed by atoms with Gasteiger partial charge in [0.2, 0.25) is 0 Å². The maximum absolute atomic E-state index is 11.5. The molecule has 25 heavy (non-hydrogen) atoms. The number of ether oxygens (including phenoxy) is 1. The minimum Gasteiger partial charge on any atom is -0.479 e. The van der Waals surface area contributed by atoms with E-state index in [9.17, 15) is 9.90 Å². The molecule has 1 atom stereocenters. The van der Waals surface area contributed by atoms with E-state index in [1.807, 2.05) is 86.7 Å². The lowest BCUT2D eigenvalue weighted by atomic mass is 10.0. The molecule has 0 amide bonds. The van der Waals surface area contributed by atoms with Gasteiger partial charge in [0.25, 0.3) is 0 Å². The quantitative estimate of drug-likeness (QED) is 0.680. The Morgan fingerprint density at radius 3 is 2.32 bits per heavy atom. The Balaban J connectivity index is 2.03. The molecule has 0 bridgehead atoms. The molecule has 0 radical (unpaired) electrons. The van der Waals surface area contributed by atoms with Crippen molar-refractivity contribution >= 4 is 11.5 Å². The summed E-state index contributed by atoms with van der Waals surface area (Å²) in [6.07, 6.45) is 6.30. The van der Waals surface area contributed by atoms with Gasteiger partial charge in [0.15, 0.2) is 6.10 Å². The van der Waals surface area contributed by atoms with Crippen molar-refractivity contribution in [2.75, 3.05) is 0 Å². The van der Waals surface area contributed by atoms with Gasteiger partial charge >= 0.3 is 5.97 Å². The van der Waals surface area contributed by atoms with Gasteiger partial charge in [0, 0.05) is 0 Å². The molecule has 0 heterocycles.